The van der Waals surface area contributed by atoms with Gasteiger partial charge in [0.2, 0.25) is 5.91 Å². The van der Waals surface area contributed by atoms with Crippen molar-refractivity contribution in [2.75, 3.05) is 6.26 Å². The average molecular weight is 316 g/mol. The number of nitrogens with two attached hydrogens (primary N) is 1. The van der Waals surface area contributed by atoms with Crippen LogP contribution in [0.3, 0.4) is 0 Å². The summed E-state index contributed by atoms with van der Waals surface area (Å²) in [6, 6.07) is 1.72. The van der Waals surface area contributed by atoms with E-state index in [1.54, 1.807) is 6.26 Å². The maximum atomic E-state index is 13.1. The summed E-state index contributed by atoms with van der Waals surface area (Å²) < 4.78 is 25.9. The highest BCUT2D eigenvalue weighted by atomic mass is 32.2. The molecule has 1 aliphatic rings. The first kappa shape index (κ1) is 15.7. The second-order valence-electron chi connectivity index (χ2n) is 4.40. The Morgan fingerprint density at radius 2 is 2.10 bits per heavy atom. The van der Waals surface area contributed by atoms with E-state index in [9.17, 15) is 18.4 Å². The van der Waals surface area contributed by atoms with Crippen LogP contribution in [0.5, 0.6) is 0 Å². The van der Waals surface area contributed by atoms with E-state index >= 15 is 0 Å². The van der Waals surface area contributed by atoms with Crippen molar-refractivity contribution in [2.24, 2.45) is 5.73 Å². The minimum Gasteiger partial charge on any atom is -0.338 e. The molecule has 0 radical (unpaired) electrons. The molecule has 1 fully saturated rings. The number of halogens is 2. The van der Waals surface area contributed by atoms with Gasteiger partial charge in [0.1, 0.15) is 11.5 Å². The molecular formula is C12H14F2N4O2S. The van der Waals surface area contributed by atoms with Crippen LogP contribution in [-0.4, -0.2) is 35.8 Å². The molecule has 3 unspecified atom stereocenters. The van der Waals surface area contributed by atoms with Gasteiger partial charge in [-0.25, -0.2) is 8.78 Å². The lowest BCUT2D eigenvalue weighted by molar-refractivity contribution is -0.125. The van der Waals surface area contributed by atoms with Gasteiger partial charge in [0, 0.05) is 5.56 Å². The Hall–Kier alpha value is -1.71. The molecule has 2 rings (SSSR count). The van der Waals surface area contributed by atoms with Crippen LogP contribution < -0.4 is 21.7 Å². The normalized spacial score (nSPS) is 25.3. The smallest absolute Gasteiger partial charge is 0.252 e. The molecule has 1 heterocycles. The Morgan fingerprint density at radius 1 is 1.38 bits per heavy atom. The van der Waals surface area contributed by atoms with Gasteiger partial charge in [-0.1, -0.05) is 0 Å². The minimum atomic E-state index is -1.14. The summed E-state index contributed by atoms with van der Waals surface area (Å²) in [4.78, 5) is 23.8. The first-order valence-corrected chi connectivity index (χ1v) is 7.32. The molecule has 21 heavy (non-hydrogen) atoms. The average Bonchev–Trinajstić information content (AvgIpc) is 2.45. The SMILES string of the molecule is CSC1NC(=O)C(NC(=O)c2ccc(F)c(F)c2)C(N)N1. The van der Waals surface area contributed by atoms with E-state index in [2.05, 4.69) is 16.0 Å². The Balaban J connectivity index is 2.08. The lowest BCUT2D eigenvalue weighted by Crippen LogP contribution is -2.70. The van der Waals surface area contributed by atoms with Crippen molar-refractivity contribution in [3.05, 3.63) is 35.4 Å². The highest BCUT2D eigenvalue weighted by molar-refractivity contribution is 7.99. The topological polar surface area (TPSA) is 96.2 Å². The molecule has 1 aromatic rings. The summed E-state index contributed by atoms with van der Waals surface area (Å²) in [5, 5.41) is 7.88. The van der Waals surface area contributed by atoms with Crippen LogP contribution in [0.15, 0.2) is 18.2 Å². The van der Waals surface area contributed by atoms with Gasteiger partial charge in [0.15, 0.2) is 11.6 Å². The van der Waals surface area contributed by atoms with E-state index < -0.39 is 35.7 Å². The number of nitrogens with one attached hydrogen (secondary N) is 3. The number of carbonyl (C=O) groups is 2. The van der Waals surface area contributed by atoms with Gasteiger partial charge in [-0.2, -0.15) is 0 Å². The summed E-state index contributed by atoms with van der Waals surface area (Å²) in [5.74, 6) is -3.35. The zero-order valence-electron chi connectivity index (χ0n) is 11.0. The van der Waals surface area contributed by atoms with Crippen LogP contribution in [0, 0.1) is 11.6 Å². The summed E-state index contributed by atoms with van der Waals surface area (Å²) in [5.41, 5.74) is 5.34. The minimum absolute atomic E-state index is 0.0964. The third-order valence-corrected chi connectivity index (χ3v) is 3.69. The van der Waals surface area contributed by atoms with Crippen molar-refractivity contribution in [3.63, 3.8) is 0 Å². The van der Waals surface area contributed by atoms with Crippen LogP contribution in [-0.2, 0) is 4.79 Å². The molecule has 9 heteroatoms. The van der Waals surface area contributed by atoms with Crippen molar-refractivity contribution in [2.45, 2.75) is 17.7 Å². The van der Waals surface area contributed by atoms with Gasteiger partial charge in [-0.05, 0) is 24.5 Å². The molecule has 2 amide bonds. The lowest BCUT2D eigenvalue weighted by atomic mass is 10.1. The summed E-state index contributed by atoms with van der Waals surface area (Å²) >= 11 is 1.35. The van der Waals surface area contributed by atoms with E-state index in [1.165, 1.54) is 11.8 Å². The van der Waals surface area contributed by atoms with Crippen molar-refractivity contribution in [1.29, 1.82) is 0 Å². The van der Waals surface area contributed by atoms with E-state index in [4.69, 9.17) is 5.73 Å². The monoisotopic (exact) mass is 316 g/mol. The molecule has 0 aliphatic carbocycles. The molecule has 0 saturated carbocycles. The Labute approximate surface area is 123 Å². The summed E-state index contributed by atoms with van der Waals surface area (Å²) in [6.07, 6.45) is 0.996. The molecule has 0 bridgehead atoms. The highest BCUT2D eigenvalue weighted by Crippen LogP contribution is 2.10. The van der Waals surface area contributed by atoms with Crippen molar-refractivity contribution in [3.8, 4) is 0 Å². The molecule has 1 saturated heterocycles. The molecular weight excluding hydrogens is 302 g/mol. The number of amides is 2. The Bertz CT molecular complexity index is 572. The molecule has 0 aromatic heterocycles. The van der Waals surface area contributed by atoms with Crippen LogP contribution in [0.4, 0.5) is 8.78 Å². The number of hydrogen-bond donors (Lipinski definition) is 4. The number of benzene rings is 1. The number of rotatable bonds is 3. The molecule has 1 aromatic carbocycles. The van der Waals surface area contributed by atoms with Crippen LogP contribution in [0.25, 0.3) is 0 Å². The first-order valence-electron chi connectivity index (χ1n) is 6.03. The lowest BCUT2D eigenvalue weighted by Gasteiger charge is -2.34. The van der Waals surface area contributed by atoms with E-state index in [1.807, 2.05) is 0 Å². The fraction of sp³-hybridized carbons (Fsp3) is 0.333. The number of hydrogen-bond acceptors (Lipinski definition) is 5. The maximum Gasteiger partial charge on any atom is 0.252 e. The molecule has 0 spiro atoms. The standard InChI is InChI=1S/C12H14F2N4O2S/c1-21-12-17-9(15)8(11(20)18-12)16-10(19)5-2-3-6(13)7(14)4-5/h2-4,8-9,12,17H,15H2,1H3,(H,16,19)(H,18,20). The number of carbonyl (C=O) groups excluding carboxylic acids is 2. The van der Waals surface area contributed by atoms with E-state index in [-0.39, 0.29) is 11.1 Å². The van der Waals surface area contributed by atoms with Gasteiger partial charge in [-0.3, -0.25) is 14.9 Å². The van der Waals surface area contributed by atoms with E-state index in [0.29, 0.717) is 0 Å². The second-order valence-corrected chi connectivity index (χ2v) is 5.34. The van der Waals surface area contributed by atoms with Gasteiger partial charge in [-0.15, -0.1) is 11.8 Å². The van der Waals surface area contributed by atoms with Gasteiger partial charge < -0.3 is 16.4 Å². The van der Waals surface area contributed by atoms with Crippen molar-refractivity contribution >= 4 is 23.6 Å². The fourth-order valence-electron chi connectivity index (χ4n) is 1.84. The van der Waals surface area contributed by atoms with Crippen LogP contribution in [0.1, 0.15) is 10.4 Å². The molecule has 114 valence electrons. The van der Waals surface area contributed by atoms with Gasteiger partial charge in [0.25, 0.3) is 5.91 Å². The molecule has 1 aliphatic heterocycles. The molecule has 3 atom stereocenters. The van der Waals surface area contributed by atoms with Crippen LogP contribution in [0.2, 0.25) is 0 Å². The highest BCUT2D eigenvalue weighted by Gasteiger charge is 2.34. The first-order chi connectivity index (χ1) is 9.92. The second kappa shape index (κ2) is 6.37. The summed E-state index contributed by atoms with van der Waals surface area (Å²) in [7, 11) is 0. The van der Waals surface area contributed by atoms with E-state index in [0.717, 1.165) is 18.2 Å². The summed E-state index contributed by atoms with van der Waals surface area (Å²) in [6.45, 7) is 0. The largest absolute Gasteiger partial charge is 0.338 e. The Kier molecular flexibility index (Phi) is 4.76. The molecule has 5 N–H and O–H groups in total. The third kappa shape index (κ3) is 3.49. The van der Waals surface area contributed by atoms with Gasteiger partial charge >= 0.3 is 0 Å². The number of thioether (sulfide) groups is 1. The predicted molar refractivity (Wildman–Crippen MR) is 74.2 cm³/mol. The van der Waals surface area contributed by atoms with Crippen LogP contribution >= 0.6 is 11.8 Å². The third-order valence-electron chi connectivity index (χ3n) is 2.96. The zero-order chi connectivity index (χ0) is 15.6. The Morgan fingerprint density at radius 3 is 2.67 bits per heavy atom. The molecule has 6 nitrogen and oxygen atoms in total. The van der Waals surface area contributed by atoms with Gasteiger partial charge in [0.05, 0.1) is 6.17 Å². The quantitative estimate of drug-likeness (QED) is 0.615. The zero-order valence-corrected chi connectivity index (χ0v) is 11.8. The predicted octanol–water partition coefficient (Wildman–Crippen LogP) is -0.286. The van der Waals surface area contributed by atoms with Crippen molar-refractivity contribution < 1.29 is 18.4 Å². The maximum absolute atomic E-state index is 13.1. The fourth-order valence-corrected chi connectivity index (χ4v) is 2.37. The van der Waals surface area contributed by atoms with Crippen molar-refractivity contribution in [1.82, 2.24) is 16.0 Å².